The summed E-state index contributed by atoms with van der Waals surface area (Å²) >= 11 is 0. The van der Waals surface area contributed by atoms with Crippen molar-refractivity contribution in [2.45, 2.75) is 32.5 Å². The minimum atomic E-state index is -2.57. The Balaban J connectivity index is 3.95. The Hall–Kier alpha value is -1.13. The van der Waals surface area contributed by atoms with Gasteiger partial charge in [0.05, 0.1) is 6.10 Å². The third kappa shape index (κ3) is 3.32. The zero-order valence-electron chi connectivity index (χ0n) is 6.91. The van der Waals surface area contributed by atoms with E-state index in [0.717, 1.165) is 0 Å². The summed E-state index contributed by atoms with van der Waals surface area (Å²) in [6, 6.07) is 0. The van der Waals surface area contributed by atoms with Gasteiger partial charge in [0.25, 0.3) is 6.17 Å². The molecule has 0 spiro atoms. The van der Waals surface area contributed by atoms with Crippen LogP contribution in [-0.4, -0.2) is 29.3 Å². The Kier molecular flexibility index (Phi) is 4.25. The van der Waals surface area contributed by atoms with Crippen molar-refractivity contribution in [1.29, 1.82) is 0 Å². The van der Waals surface area contributed by atoms with Gasteiger partial charge in [-0.25, -0.2) is 14.0 Å². The van der Waals surface area contributed by atoms with Crippen LogP contribution in [-0.2, 0) is 14.3 Å². The number of hydrogen-bond donors (Lipinski definition) is 1. The van der Waals surface area contributed by atoms with Crippen molar-refractivity contribution in [3.05, 3.63) is 0 Å². The number of halogens is 1. The molecule has 0 fully saturated rings. The lowest BCUT2D eigenvalue weighted by Crippen LogP contribution is -2.29. The number of carboxylic acids is 1. The highest BCUT2D eigenvalue weighted by Crippen LogP contribution is 2.01. The fourth-order valence-corrected chi connectivity index (χ4v) is 0.442. The number of aliphatic carboxylic acids is 1. The molecule has 70 valence electrons. The second-order valence-corrected chi connectivity index (χ2v) is 2.36. The summed E-state index contributed by atoms with van der Waals surface area (Å²) in [6.45, 7) is 3.30. The molecule has 0 bridgehead atoms. The lowest BCUT2D eigenvalue weighted by atomic mass is 10.3. The number of esters is 1. The summed E-state index contributed by atoms with van der Waals surface area (Å²) in [7, 11) is 0. The summed E-state index contributed by atoms with van der Waals surface area (Å²) in [5.41, 5.74) is 0. The van der Waals surface area contributed by atoms with Crippen LogP contribution in [0.4, 0.5) is 4.39 Å². The van der Waals surface area contributed by atoms with Gasteiger partial charge >= 0.3 is 11.9 Å². The molecule has 0 aromatic rings. The van der Waals surface area contributed by atoms with Crippen molar-refractivity contribution in [2.24, 2.45) is 0 Å². The second-order valence-electron chi connectivity index (χ2n) is 2.36. The first-order valence-corrected chi connectivity index (χ1v) is 3.56. The molecule has 0 aromatic heterocycles. The number of alkyl halides is 1. The highest BCUT2D eigenvalue weighted by molar-refractivity contribution is 5.96. The molecule has 0 rings (SSSR count). The first-order chi connectivity index (χ1) is 5.49. The molecule has 0 saturated heterocycles. The Labute approximate surface area is 69.3 Å². The van der Waals surface area contributed by atoms with E-state index in [1.54, 1.807) is 13.8 Å². The van der Waals surface area contributed by atoms with Gasteiger partial charge in [0.1, 0.15) is 0 Å². The molecule has 0 aromatic carbocycles. The molecule has 2 atom stereocenters. The van der Waals surface area contributed by atoms with Crippen LogP contribution in [0.15, 0.2) is 0 Å². The van der Waals surface area contributed by atoms with Crippen LogP contribution in [0.3, 0.4) is 0 Å². The average molecular weight is 178 g/mol. The Morgan fingerprint density at radius 3 is 2.42 bits per heavy atom. The van der Waals surface area contributed by atoms with E-state index >= 15 is 0 Å². The summed E-state index contributed by atoms with van der Waals surface area (Å²) in [5.74, 6) is -3.15. The largest absolute Gasteiger partial charge is 0.479 e. The molecule has 12 heavy (non-hydrogen) atoms. The number of carbonyl (C=O) groups excluding carboxylic acids is 1. The third-order valence-corrected chi connectivity index (χ3v) is 1.32. The zero-order chi connectivity index (χ0) is 9.72. The highest BCUT2D eigenvalue weighted by Gasteiger charge is 2.27. The van der Waals surface area contributed by atoms with Gasteiger partial charge in [-0.05, 0) is 13.3 Å². The van der Waals surface area contributed by atoms with E-state index in [1.807, 2.05) is 0 Å². The molecular weight excluding hydrogens is 167 g/mol. The van der Waals surface area contributed by atoms with E-state index in [9.17, 15) is 14.0 Å². The monoisotopic (exact) mass is 178 g/mol. The van der Waals surface area contributed by atoms with E-state index in [0.29, 0.717) is 6.42 Å². The number of carboxylic acid groups (broad SMARTS) is 1. The molecule has 0 aliphatic heterocycles. The molecule has 0 radical (unpaired) electrons. The quantitative estimate of drug-likeness (QED) is 0.509. The number of ether oxygens (including phenoxy) is 1. The van der Waals surface area contributed by atoms with E-state index < -0.39 is 24.2 Å². The number of rotatable bonds is 4. The van der Waals surface area contributed by atoms with Crippen LogP contribution in [0.1, 0.15) is 20.3 Å². The summed E-state index contributed by atoms with van der Waals surface area (Å²) in [5, 5.41) is 8.06. The normalized spacial score (nSPS) is 14.9. The van der Waals surface area contributed by atoms with Crippen LogP contribution in [0, 0.1) is 0 Å². The van der Waals surface area contributed by atoms with Crippen LogP contribution in [0.5, 0.6) is 0 Å². The fourth-order valence-electron chi connectivity index (χ4n) is 0.442. The molecular formula is C7H11FO4. The van der Waals surface area contributed by atoms with Gasteiger partial charge < -0.3 is 9.84 Å². The van der Waals surface area contributed by atoms with Crippen molar-refractivity contribution >= 4 is 11.9 Å². The summed E-state index contributed by atoms with van der Waals surface area (Å²) < 4.78 is 16.8. The van der Waals surface area contributed by atoms with Crippen LogP contribution in [0.25, 0.3) is 0 Å². The topological polar surface area (TPSA) is 63.6 Å². The predicted molar refractivity (Wildman–Crippen MR) is 38.4 cm³/mol. The number of hydrogen-bond acceptors (Lipinski definition) is 3. The van der Waals surface area contributed by atoms with Gasteiger partial charge in [-0.2, -0.15) is 0 Å². The van der Waals surface area contributed by atoms with Crippen LogP contribution in [0.2, 0.25) is 0 Å². The molecule has 4 nitrogen and oxygen atoms in total. The first-order valence-electron chi connectivity index (χ1n) is 3.56. The van der Waals surface area contributed by atoms with E-state index in [1.165, 1.54) is 0 Å². The molecule has 0 amide bonds. The van der Waals surface area contributed by atoms with Gasteiger partial charge in [-0.15, -0.1) is 0 Å². The summed E-state index contributed by atoms with van der Waals surface area (Å²) in [6.07, 6.45) is -2.49. The molecule has 2 unspecified atom stereocenters. The highest BCUT2D eigenvalue weighted by atomic mass is 19.1. The standard InChI is InChI=1S/C7H11FO4/c1-3-4(2)12-7(11)5(8)6(9)10/h4-5H,3H2,1-2H3,(H,9,10). The third-order valence-electron chi connectivity index (χ3n) is 1.32. The minimum Gasteiger partial charge on any atom is -0.479 e. The molecule has 0 aliphatic carbocycles. The van der Waals surface area contributed by atoms with E-state index in [4.69, 9.17) is 5.11 Å². The second kappa shape index (κ2) is 4.69. The van der Waals surface area contributed by atoms with Gasteiger partial charge in [0.15, 0.2) is 0 Å². The fraction of sp³-hybridized carbons (Fsp3) is 0.714. The van der Waals surface area contributed by atoms with Crippen molar-refractivity contribution in [2.75, 3.05) is 0 Å². The number of carbonyl (C=O) groups is 2. The van der Waals surface area contributed by atoms with Gasteiger partial charge in [0.2, 0.25) is 0 Å². The maximum Gasteiger partial charge on any atom is 0.352 e. The van der Waals surface area contributed by atoms with Gasteiger partial charge in [-0.1, -0.05) is 6.92 Å². The van der Waals surface area contributed by atoms with Gasteiger partial charge in [0, 0.05) is 0 Å². The van der Waals surface area contributed by atoms with E-state index in [-0.39, 0.29) is 0 Å². The van der Waals surface area contributed by atoms with Crippen molar-refractivity contribution < 1.29 is 23.8 Å². The SMILES string of the molecule is CCC(C)OC(=O)C(F)C(=O)O. The maximum absolute atomic E-state index is 12.3. The summed E-state index contributed by atoms with van der Waals surface area (Å²) in [4.78, 5) is 20.5. The van der Waals surface area contributed by atoms with Crippen LogP contribution >= 0.6 is 0 Å². The van der Waals surface area contributed by atoms with Gasteiger partial charge in [-0.3, -0.25) is 0 Å². The predicted octanol–water partition coefficient (Wildman–Crippen LogP) is 0.751. The minimum absolute atomic E-state index is 0.449. The van der Waals surface area contributed by atoms with Crippen molar-refractivity contribution in [3.63, 3.8) is 0 Å². The van der Waals surface area contributed by atoms with Crippen molar-refractivity contribution in [1.82, 2.24) is 0 Å². The first kappa shape index (κ1) is 10.9. The van der Waals surface area contributed by atoms with Crippen LogP contribution < -0.4 is 0 Å². The molecule has 0 saturated carbocycles. The molecule has 5 heteroatoms. The average Bonchev–Trinajstić information content (AvgIpc) is 2.02. The lowest BCUT2D eigenvalue weighted by molar-refractivity contribution is -0.163. The smallest absolute Gasteiger partial charge is 0.352 e. The van der Waals surface area contributed by atoms with Crippen molar-refractivity contribution in [3.8, 4) is 0 Å². The Morgan fingerprint density at radius 1 is 1.58 bits per heavy atom. The Bertz CT molecular complexity index is 180. The lowest BCUT2D eigenvalue weighted by Gasteiger charge is -2.10. The molecule has 0 aliphatic rings. The Morgan fingerprint density at radius 2 is 2.08 bits per heavy atom. The maximum atomic E-state index is 12.3. The zero-order valence-corrected chi connectivity index (χ0v) is 6.91. The molecule has 0 heterocycles. The molecule has 1 N–H and O–H groups in total. The van der Waals surface area contributed by atoms with E-state index in [2.05, 4.69) is 4.74 Å².